The molecule has 1 aromatic rings. The maximum Gasteiger partial charge on any atom is 0.243 e. The average molecular weight is 473 g/mol. The zero-order valence-corrected chi connectivity index (χ0v) is 20.6. The van der Waals surface area contributed by atoms with Gasteiger partial charge in [-0.05, 0) is 101 Å². The van der Waals surface area contributed by atoms with Crippen LogP contribution in [0.5, 0.6) is 0 Å². The fraction of sp³-hybridized carbons (Fsp3) is 0.692. The Labute approximate surface area is 197 Å². The minimum atomic E-state index is -3.67. The van der Waals surface area contributed by atoms with Crippen molar-refractivity contribution in [2.24, 2.45) is 29.1 Å². The highest BCUT2D eigenvalue weighted by atomic mass is 32.2. The topological polar surface area (TPSA) is 83.6 Å². The van der Waals surface area contributed by atoms with E-state index >= 15 is 0 Å². The number of ketones is 1. The van der Waals surface area contributed by atoms with Crippen LogP contribution in [-0.4, -0.2) is 43.5 Å². The van der Waals surface area contributed by atoms with Gasteiger partial charge in [0.2, 0.25) is 15.9 Å². The molecule has 6 rings (SSSR count). The summed E-state index contributed by atoms with van der Waals surface area (Å²) in [5.41, 5.74) is 0.667. The summed E-state index contributed by atoms with van der Waals surface area (Å²) in [6.45, 7) is 4.29. The monoisotopic (exact) mass is 472 g/mol. The lowest BCUT2D eigenvalue weighted by Crippen LogP contribution is -2.56. The predicted molar refractivity (Wildman–Crippen MR) is 126 cm³/mol. The van der Waals surface area contributed by atoms with Crippen molar-refractivity contribution in [3.05, 3.63) is 29.8 Å². The summed E-state index contributed by atoms with van der Waals surface area (Å²) in [6.07, 6.45) is 9.02. The largest absolute Gasteiger partial charge is 0.353 e. The fourth-order valence-electron chi connectivity index (χ4n) is 7.58. The van der Waals surface area contributed by atoms with Crippen molar-refractivity contribution in [3.8, 4) is 0 Å². The molecule has 4 saturated carbocycles. The van der Waals surface area contributed by atoms with Gasteiger partial charge in [0.05, 0.1) is 4.90 Å². The third kappa shape index (κ3) is 4.27. The Bertz CT molecular complexity index is 1010. The van der Waals surface area contributed by atoms with E-state index in [1.54, 1.807) is 12.1 Å². The molecule has 6 nitrogen and oxygen atoms in total. The van der Waals surface area contributed by atoms with Gasteiger partial charge < -0.3 is 5.32 Å². The van der Waals surface area contributed by atoms with Gasteiger partial charge in [-0.2, -0.15) is 4.31 Å². The highest BCUT2D eigenvalue weighted by molar-refractivity contribution is 7.89. The molecule has 0 aromatic heterocycles. The van der Waals surface area contributed by atoms with Crippen LogP contribution < -0.4 is 5.32 Å². The van der Waals surface area contributed by atoms with Crippen LogP contribution in [-0.2, 0) is 14.8 Å². The molecule has 5 aliphatic rings. The van der Waals surface area contributed by atoms with E-state index in [1.807, 2.05) is 0 Å². The zero-order valence-electron chi connectivity index (χ0n) is 19.8. The molecule has 1 amide bonds. The second-order valence-corrected chi connectivity index (χ2v) is 13.2. The van der Waals surface area contributed by atoms with Crippen molar-refractivity contribution in [2.45, 2.75) is 76.2 Å². The van der Waals surface area contributed by atoms with Gasteiger partial charge >= 0.3 is 0 Å². The summed E-state index contributed by atoms with van der Waals surface area (Å²) in [5, 5.41) is 3.37. The molecule has 1 N–H and O–H groups in total. The molecule has 1 atom stereocenters. The lowest BCUT2D eigenvalue weighted by Gasteiger charge is -2.59. The number of rotatable bonds is 6. The summed E-state index contributed by atoms with van der Waals surface area (Å²) in [7, 11) is -3.67. The molecule has 180 valence electrons. The Morgan fingerprint density at radius 3 is 2.15 bits per heavy atom. The van der Waals surface area contributed by atoms with Gasteiger partial charge in [-0.3, -0.25) is 9.59 Å². The quantitative estimate of drug-likeness (QED) is 0.634. The van der Waals surface area contributed by atoms with E-state index in [9.17, 15) is 18.0 Å². The second-order valence-electron chi connectivity index (χ2n) is 11.3. The maximum absolute atomic E-state index is 13.1. The van der Waals surface area contributed by atoms with Crippen LogP contribution in [0.2, 0.25) is 0 Å². The molecule has 1 heterocycles. The third-order valence-corrected chi connectivity index (χ3v) is 11.0. The predicted octanol–water partition coefficient (Wildman–Crippen LogP) is 4.01. The molecule has 1 aliphatic heterocycles. The highest BCUT2D eigenvalue weighted by Gasteiger charge is 2.53. The number of nitrogens with one attached hydrogen (secondary N) is 1. The Morgan fingerprint density at radius 1 is 1.03 bits per heavy atom. The van der Waals surface area contributed by atoms with Gasteiger partial charge in [0.15, 0.2) is 5.78 Å². The number of benzene rings is 1. The molecule has 0 radical (unpaired) electrons. The molecular weight excluding hydrogens is 436 g/mol. The van der Waals surface area contributed by atoms with E-state index < -0.39 is 10.0 Å². The van der Waals surface area contributed by atoms with Crippen LogP contribution in [0, 0.1) is 29.1 Å². The molecule has 7 heteroatoms. The first-order valence-electron chi connectivity index (χ1n) is 12.6. The van der Waals surface area contributed by atoms with Crippen molar-refractivity contribution in [2.75, 3.05) is 13.1 Å². The van der Waals surface area contributed by atoms with Crippen molar-refractivity contribution in [3.63, 3.8) is 0 Å². The lowest BCUT2D eigenvalue weighted by atomic mass is 9.48. The van der Waals surface area contributed by atoms with E-state index in [2.05, 4.69) is 12.2 Å². The Balaban J connectivity index is 1.19. The minimum Gasteiger partial charge on any atom is -0.353 e. The molecule has 4 aliphatic carbocycles. The number of hydrogen-bond acceptors (Lipinski definition) is 4. The van der Waals surface area contributed by atoms with E-state index in [1.165, 1.54) is 61.9 Å². The van der Waals surface area contributed by atoms with Gasteiger partial charge in [-0.25, -0.2) is 8.42 Å². The summed E-state index contributed by atoms with van der Waals surface area (Å²) in [4.78, 5) is 24.9. The fourth-order valence-corrected chi connectivity index (χ4v) is 9.09. The third-order valence-electron chi connectivity index (χ3n) is 9.07. The lowest BCUT2D eigenvalue weighted by molar-refractivity contribution is -0.130. The number of carbonyl (C=O) groups is 2. The Morgan fingerprint density at radius 2 is 1.61 bits per heavy atom. The number of hydrogen-bond donors (Lipinski definition) is 1. The smallest absolute Gasteiger partial charge is 0.243 e. The normalized spacial score (nSPS) is 33.1. The first kappa shape index (κ1) is 23.0. The average Bonchev–Trinajstić information content (AvgIpc) is 2.78. The molecule has 1 aromatic carbocycles. The van der Waals surface area contributed by atoms with Crippen LogP contribution >= 0.6 is 0 Å². The van der Waals surface area contributed by atoms with Crippen molar-refractivity contribution >= 4 is 21.7 Å². The number of amides is 1. The maximum atomic E-state index is 13.1. The van der Waals surface area contributed by atoms with Crippen LogP contribution in [0.4, 0.5) is 0 Å². The van der Waals surface area contributed by atoms with Gasteiger partial charge in [0.1, 0.15) is 0 Å². The van der Waals surface area contributed by atoms with Crippen LogP contribution in [0.3, 0.4) is 0 Å². The van der Waals surface area contributed by atoms with Gasteiger partial charge in [-0.1, -0.05) is 12.1 Å². The van der Waals surface area contributed by atoms with Gasteiger partial charge in [0, 0.05) is 30.6 Å². The molecule has 4 bridgehead atoms. The molecule has 33 heavy (non-hydrogen) atoms. The summed E-state index contributed by atoms with van der Waals surface area (Å²) in [5.74, 6) is 2.35. The number of piperidine rings is 1. The van der Waals surface area contributed by atoms with E-state index in [-0.39, 0.29) is 34.0 Å². The Hall–Kier alpha value is -1.73. The van der Waals surface area contributed by atoms with Crippen molar-refractivity contribution in [1.82, 2.24) is 9.62 Å². The SMILES string of the molecule is CC(=O)c1cccc(S(=O)(=O)N2CCC(C(=O)NC(C)C34CC5CC(CC(C5)C3)C4)CC2)c1. The van der Waals surface area contributed by atoms with Crippen LogP contribution in [0.1, 0.15) is 75.6 Å². The molecular formula is C26H36N2O4S. The molecule has 0 spiro atoms. The molecule has 1 unspecified atom stereocenters. The first-order chi connectivity index (χ1) is 15.7. The van der Waals surface area contributed by atoms with Crippen LogP contribution in [0.15, 0.2) is 29.2 Å². The van der Waals surface area contributed by atoms with Crippen molar-refractivity contribution in [1.29, 1.82) is 0 Å². The van der Waals surface area contributed by atoms with Crippen molar-refractivity contribution < 1.29 is 18.0 Å². The summed E-state index contributed by atoms with van der Waals surface area (Å²) < 4.78 is 27.6. The molecule has 5 fully saturated rings. The van der Waals surface area contributed by atoms with E-state index in [4.69, 9.17) is 0 Å². The number of nitrogens with zero attached hydrogens (tertiary/aromatic N) is 1. The standard InChI is InChI=1S/C26H36N2O4S/c1-17(29)23-4-3-5-24(13-23)33(31,32)28-8-6-22(7-9-28)25(30)27-18(2)26-14-19-10-20(15-26)12-21(11-19)16-26/h3-5,13,18-22H,6-12,14-16H2,1-2H3,(H,27,30). The van der Waals surface area contributed by atoms with E-state index in [0.717, 1.165) is 17.8 Å². The second kappa shape index (κ2) is 8.49. The minimum absolute atomic E-state index is 0.0915. The van der Waals surface area contributed by atoms with E-state index in [0.29, 0.717) is 31.5 Å². The highest BCUT2D eigenvalue weighted by Crippen LogP contribution is 2.61. The first-order valence-corrected chi connectivity index (χ1v) is 14.0. The van der Waals surface area contributed by atoms with Gasteiger partial charge in [-0.15, -0.1) is 0 Å². The van der Waals surface area contributed by atoms with Gasteiger partial charge in [0.25, 0.3) is 0 Å². The Kier molecular flexibility index (Phi) is 5.93. The zero-order chi connectivity index (χ0) is 23.4. The number of Topliss-reactive ketones (excluding diaryl/α,β-unsaturated/α-hetero) is 1. The molecule has 1 saturated heterocycles. The van der Waals surface area contributed by atoms with Crippen LogP contribution in [0.25, 0.3) is 0 Å². The number of carbonyl (C=O) groups excluding carboxylic acids is 2. The number of sulfonamides is 1. The summed E-state index contributed by atoms with van der Waals surface area (Å²) in [6, 6.07) is 6.41. The summed E-state index contributed by atoms with van der Waals surface area (Å²) >= 11 is 0.